The molecule has 30 heavy (non-hydrogen) atoms. The van der Waals surface area contributed by atoms with E-state index >= 15 is 0 Å². The normalized spacial score (nSPS) is 11.0. The lowest BCUT2D eigenvalue weighted by Crippen LogP contribution is -2.12. The molecule has 0 aliphatic heterocycles. The fourth-order valence-corrected chi connectivity index (χ4v) is 3.71. The van der Waals surface area contributed by atoms with E-state index in [9.17, 15) is 9.59 Å². The lowest BCUT2D eigenvalue weighted by molar-refractivity contribution is 0.0992. The molecular weight excluding hydrogens is 404 g/mol. The number of nitrogens with zero attached hydrogens (tertiary/aromatic N) is 5. The molecule has 0 bridgehead atoms. The van der Waals surface area contributed by atoms with Gasteiger partial charge in [0.2, 0.25) is 5.89 Å². The number of amides is 1. The molecular formula is C20H18N6O3S. The van der Waals surface area contributed by atoms with Gasteiger partial charge in [0.25, 0.3) is 5.91 Å². The summed E-state index contributed by atoms with van der Waals surface area (Å²) in [7, 11) is 0. The molecule has 0 radical (unpaired) electrons. The molecule has 0 saturated heterocycles. The second-order valence-corrected chi connectivity index (χ2v) is 7.69. The van der Waals surface area contributed by atoms with Crippen LogP contribution in [0.4, 0.5) is 0 Å². The predicted molar refractivity (Wildman–Crippen MR) is 109 cm³/mol. The zero-order valence-corrected chi connectivity index (χ0v) is 17.1. The molecule has 0 saturated carbocycles. The number of benzene rings is 1. The Bertz CT molecular complexity index is 1240. The van der Waals surface area contributed by atoms with Crippen LogP contribution in [0.15, 0.2) is 40.3 Å². The zero-order chi connectivity index (χ0) is 21.3. The molecule has 0 atom stereocenters. The van der Waals surface area contributed by atoms with Crippen LogP contribution < -0.4 is 5.73 Å². The summed E-state index contributed by atoms with van der Waals surface area (Å²) < 4.78 is 5.84. The van der Waals surface area contributed by atoms with E-state index in [1.54, 1.807) is 11.6 Å². The number of carbonyl (C=O) groups excluding carboxylic acids is 2. The standard InChI is InChI=1S/C20H18N6O3S/c1-11-4-3-5-13(6-11)19-18(20(21)28)24-16(29-19)7-14-8-22-26(25-14)9-17-23-15(10-30-17)12(2)27/h3-6,8,10H,7,9H2,1-2H3,(H2,21,28). The Morgan fingerprint density at radius 2 is 2.10 bits per heavy atom. The summed E-state index contributed by atoms with van der Waals surface area (Å²) in [6, 6.07) is 7.56. The molecule has 0 unspecified atom stereocenters. The van der Waals surface area contributed by atoms with Gasteiger partial charge in [0.15, 0.2) is 17.2 Å². The van der Waals surface area contributed by atoms with Gasteiger partial charge in [0.05, 0.1) is 18.3 Å². The van der Waals surface area contributed by atoms with Crippen LogP contribution in [-0.2, 0) is 13.0 Å². The first kappa shape index (κ1) is 19.6. The second-order valence-electron chi connectivity index (χ2n) is 6.74. The SMILES string of the molecule is CC(=O)c1csc(Cn2ncc(Cc3nc(C(N)=O)c(-c4cccc(C)c4)o3)n2)n1. The molecule has 3 heterocycles. The number of ketones is 1. The number of primary amides is 1. The summed E-state index contributed by atoms with van der Waals surface area (Å²) >= 11 is 1.38. The molecule has 2 N–H and O–H groups in total. The summed E-state index contributed by atoms with van der Waals surface area (Å²) in [6.45, 7) is 3.78. The molecule has 0 fully saturated rings. The number of aryl methyl sites for hydroxylation is 1. The minimum Gasteiger partial charge on any atom is -0.439 e. The van der Waals surface area contributed by atoms with Crippen molar-refractivity contribution < 1.29 is 14.0 Å². The molecule has 0 aliphatic rings. The number of carbonyl (C=O) groups is 2. The van der Waals surface area contributed by atoms with Gasteiger partial charge in [0.1, 0.15) is 17.2 Å². The van der Waals surface area contributed by atoms with Crippen LogP contribution in [0.5, 0.6) is 0 Å². The molecule has 1 aromatic carbocycles. The molecule has 3 aromatic heterocycles. The van der Waals surface area contributed by atoms with E-state index in [1.165, 1.54) is 23.1 Å². The number of hydrogen-bond acceptors (Lipinski definition) is 8. The fourth-order valence-electron chi connectivity index (χ4n) is 2.90. The Labute approximate surface area is 175 Å². The molecule has 9 nitrogen and oxygen atoms in total. The van der Waals surface area contributed by atoms with Crippen molar-refractivity contribution in [1.82, 2.24) is 25.0 Å². The quantitative estimate of drug-likeness (QED) is 0.453. The largest absolute Gasteiger partial charge is 0.439 e. The first-order valence-corrected chi connectivity index (χ1v) is 9.98. The summed E-state index contributed by atoms with van der Waals surface area (Å²) in [4.78, 5) is 33.2. The van der Waals surface area contributed by atoms with Gasteiger partial charge in [-0.2, -0.15) is 15.0 Å². The van der Waals surface area contributed by atoms with Crippen molar-refractivity contribution in [3.8, 4) is 11.3 Å². The molecule has 10 heteroatoms. The van der Waals surface area contributed by atoms with Crippen LogP contribution in [-0.4, -0.2) is 36.7 Å². The maximum Gasteiger partial charge on any atom is 0.271 e. The lowest BCUT2D eigenvalue weighted by Gasteiger charge is -1.99. The van der Waals surface area contributed by atoms with Crippen molar-refractivity contribution in [2.24, 2.45) is 5.73 Å². The summed E-state index contributed by atoms with van der Waals surface area (Å²) in [5.41, 5.74) is 8.38. The number of thiazole rings is 1. The number of rotatable bonds is 7. The fraction of sp³-hybridized carbons (Fsp3) is 0.200. The average molecular weight is 422 g/mol. The third kappa shape index (κ3) is 4.18. The van der Waals surface area contributed by atoms with Gasteiger partial charge in [-0.15, -0.1) is 11.3 Å². The van der Waals surface area contributed by atoms with Gasteiger partial charge in [0, 0.05) is 17.9 Å². The molecule has 1 amide bonds. The number of nitrogens with two attached hydrogens (primary N) is 1. The number of oxazole rings is 1. The minimum absolute atomic E-state index is 0.0785. The Kier molecular flexibility index (Phi) is 5.23. The Balaban J connectivity index is 1.54. The van der Waals surface area contributed by atoms with Gasteiger partial charge in [-0.1, -0.05) is 23.8 Å². The van der Waals surface area contributed by atoms with E-state index in [0.29, 0.717) is 29.6 Å². The highest BCUT2D eigenvalue weighted by Gasteiger charge is 2.20. The third-order valence-electron chi connectivity index (χ3n) is 4.29. The maximum absolute atomic E-state index is 11.8. The van der Waals surface area contributed by atoms with Crippen LogP contribution >= 0.6 is 11.3 Å². The molecule has 4 rings (SSSR count). The monoisotopic (exact) mass is 422 g/mol. The van der Waals surface area contributed by atoms with Gasteiger partial charge >= 0.3 is 0 Å². The second kappa shape index (κ2) is 7.99. The summed E-state index contributed by atoms with van der Waals surface area (Å²) in [5, 5.41) is 11.1. The van der Waals surface area contributed by atoms with Gasteiger partial charge < -0.3 is 10.2 Å². The van der Waals surface area contributed by atoms with Crippen LogP contribution in [0, 0.1) is 6.92 Å². The van der Waals surface area contributed by atoms with Crippen molar-refractivity contribution in [2.75, 3.05) is 0 Å². The smallest absolute Gasteiger partial charge is 0.271 e. The minimum atomic E-state index is -0.657. The molecule has 0 spiro atoms. The predicted octanol–water partition coefficient (Wildman–Crippen LogP) is 2.64. The van der Waals surface area contributed by atoms with Crippen LogP contribution in [0.3, 0.4) is 0 Å². The van der Waals surface area contributed by atoms with E-state index in [2.05, 4.69) is 20.2 Å². The molecule has 4 aromatic rings. The van der Waals surface area contributed by atoms with Crippen LogP contribution in [0.1, 0.15) is 50.1 Å². The van der Waals surface area contributed by atoms with E-state index in [4.69, 9.17) is 10.2 Å². The Hall–Kier alpha value is -3.66. The van der Waals surface area contributed by atoms with E-state index in [-0.39, 0.29) is 17.9 Å². The highest BCUT2D eigenvalue weighted by Crippen LogP contribution is 2.26. The van der Waals surface area contributed by atoms with E-state index in [0.717, 1.165) is 16.1 Å². The van der Waals surface area contributed by atoms with Crippen molar-refractivity contribution in [1.29, 1.82) is 0 Å². The van der Waals surface area contributed by atoms with Crippen molar-refractivity contribution in [2.45, 2.75) is 26.8 Å². The Morgan fingerprint density at radius 1 is 1.27 bits per heavy atom. The highest BCUT2D eigenvalue weighted by atomic mass is 32.1. The first-order chi connectivity index (χ1) is 14.4. The summed E-state index contributed by atoms with van der Waals surface area (Å²) in [6.07, 6.45) is 1.85. The topological polar surface area (TPSA) is 130 Å². The van der Waals surface area contributed by atoms with Gasteiger partial charge in [-0.05, 0) is 13.0 Å². The molecule has 0 aliphatic carbocycles. The number of aromatic nitrogens is 5. The van der Waals surface area contributed by atoms with Crippen molar-refractivity contribution >= 4 is 23.0 Å². The van der Waals surface area contributed by atoms with Crippen LogP contribution in [0.2, 0.25) is 0 Å². The number of Topliss-reactive ketones (excluding diaryl/α,β-unsaturated/α-hetero) is 1. The van der Waals surface area contributed by atoms with Gasteiger partial charge in [-0.25, -0.2) is 9.97 Å². The zero-order valence-electron chi connectivity index (χ0n) is 16.3. The van der Waals surface area contributed by atoms with Crippen molar-refractivity contribution in [3.63, 3.8) is 0 Å². The summed E-state index contributed by atoms with van der Waals surface area (Å²) in [5.74, 6) is -0.0750. The van der Waals surface area contributed by atoms with Gasteiger partial charge in [-0.3, -0.25) is 9.59 Å². The lowest BCUT2D eigenvalue weighted by atomic mass is 10.1. The van der Waals surface area contributed by atoms with Crippen LogP contribution in [0.25, 0.3) is 11.3 Å². The van der Waals surface area contributed by atoms with Crippen molar-refractivity contribution in [3.05, 3.63) is 69.4 Å². The third-order valence-corrected chi connectivity index (χ3v) is 5.12. The first-order valence-electron chi connectivity index (χ1n) is 9.10. The van der Waals surface area contributed by atoms with E-state index < -0.39 is 5.91 Å². The highest BCUT2D eigenvalue weighted by molar-refractivity contribution is 7.09. The van der Waals surface area contributed by atoms with E-state index in [1.807, 2.05) is 31.2 Å². The molecule has 152 valence electrons. The average Bonchev–Trinajstić information content (AvgIpc) is 3.42. The maximum atomic E-state index is 11.8. The Morgan fingerprint density at radius 3 is 2.80 bits per heavy atom. The number of hydrogen-bond donors (Lipinski definition) is 1.